The van der Waals surface area contributed by atoms with Gasteiger partial charge < -0.3 is 10.2 Å². The van der Waals surface area contributed by atoms with Crippen LogP contribution < -0.4 is 5.32 Å². The number of piperazine rings is 1. The van der Waals surface area contributed by atoms with Crippen molar-refractivity contribution in [3.63, 3.8) is 0 Å². The van der Waals surface area contributed by atoms with Crippen molar-refractivity contribution < 1.29 is 13.6 Å². The van der Waals surface area contributed by atoms with Gasteiger partial charge in [0.15, 0.2) is 5.65 Å². The third kappa shape index (κ3) is 4.74. The first kappa shape index (κ1) is 22.0. The van der Waals surface area contributed by atoms with Crippen molar-refractivity contribution in [1.29, 1.82) is 0 Å². The molecule has 9 heteroatoms. The van der Waals surface area contributed by atoms with Gasteiger partial charge in [-0.15, -0.1) is 0 Å². The van der Waals surface area contributed by atoms with E-state index in [1.807, 2.05) is 22.8 Å². The van der Waals surface area contributed by atoms with Crippen molar-refractivity contribution in [2.75, 3.05) is 26.2 Å². The molecule has 1 fully saturated rings. The highest BCUT2D eigenvalue weighted by molar-refractivity contribution is 5.74. The number of nitrogens with one attached hydrogen (secondary N) is 1. The van der Waals surface area contributed by atoms with Crippen molar-refractivity contribution in [2.45, 2.75) is 13.1 Å². The number of pyridine rings is 1. The molecule has 0 atom stereocenters. The molecular weight excluding hydrogens is 438 g/mol. The largest absolute Gasteiger partial charge is 0.334 e. The minimum atomic E-state index is -0.320. The molecule has 2 aromatic carbocycles. The maximum absolute atomic E-state index is 13.9. The third-order valence-electron chi connectivity index (χ3n) is 5.91. The molecule has 4 aromatic rings. The number of rotatable bonds is 5. The van der Waals surface area contributed by atoms with Gasteiger partial charge >= 0.3 is 6.03 Å². The van der Waals surface area contributed by atoms with E-state index in [1.165, 1.54) is 24.3 Å². The Morgan fingerprint density at radius 3 is 2.47 bits per heavy atom. The molecule has 0 aliphatic carbocycles. The van der Waals surface area contributed by atoms with Gasteiger partial charge in [-0.05, 0) is 48.0 Å². The molecule has 1 aliphatic heterocycles. The van der Waals surface area contributed by atoms with E-state index < -0.39 is 0 Å². The summed E-state index contributed by atoms with van der Waals surface area (Å²) in [4.78, 5) is 25.7. The minimum Gasteiger partial charge on any atom is -0.334 e. The minimum absolute atomic E-state index is 0.167. The Labute approximate surface area is 195 Å². The summed E-state index contributed by atoms with van der Waals surface area (Å²) in [6.45, 7) is 3.30. The lowest BCUT2D eigenvalue weighted by Crippen LogP contribution is -2.51. The molecular formula is C25H24F2N6O. The average Bonchev–Trinajstić information content (AvgIpc) is 3.21. The van der Waals surface area contributed by atoms with Crippen LogP contribution in [-0.2, 0) is 13.1 Å². The summed E-state index contributed by atoms with van der Waals surface area (Å²) in [6, 6.07) is 16.1. The van der Waals surface area contributed by atoms with Crippen molar-refractivity contribution in [1.82, 2.24) is 29.7 Å². The number of carbonyl (C=O) groups is 1. The lowest BCUT2D eigenvalue weighted by molar-refractivity contribution is 0.133. The number of urea groups is 1. The molecule has 5 rings (SSSR count). The fourth-order valence-corrected chi connectivity index (χ4v) is 4.20. The van der Waals surface area contributed by atoms with Crippen LogP contribution in [0.1, 0.15) is 11.4 Å². The number of imidazole rings is 1. The smallest absolute Gasteiger partial charge is 0.317 e. The van der Waals surface area contributed by atoms with Crippen LogP contribution in [0.2, 0.25) is 0 Å². The number of fused-ring (bicyclic) bond motifs is 1. The van der Waals surface area contributed by atoms with Gasteiger partial charge in [-0.3, -0.25) is 9.47 Å². The second-order valence-corrected chi connectivity index (χ2v) is 8.24. The topological polar surface area (TPSA) is 66.3 Å². The van der Waals surface area contributed by atoms with Crippen LogP contribution in [-0.4, -0.2) is 56.5 Å². The number of halogens is 2. The van der Waals surface area contributed by atoms with E-state index in [1.54, 1.807) is 29.3 Å². The lowest BCUT2D eigenvalue weighted by Gasteiger charge is -2.34. The van der Waals surface area contributed by atoms with Gasteiger partial charge in [0.1, 0.15) is 23.0 Å². The number of carbonyl (C=O) groups excluding carboxylic acids is 1. The standard InChI is InChI=1S/C25H24F2N6O/c26-19-5-1-4-18(14-19)16-29-25(34)32-12-10-31(11-13-32)17-23-30-22-8-3-9-28-24(22)33(23)21-7-2-6-20(27)15-21/h1-9,14-15H,10-13,16-17H2,(H,29,34). The SMILES string of the molecule is O=C(NCc1cccc(F)c1)N1CCN(Cc2nc3cccnc3n2-c2cccc(F)c2)CC1. The Bertz CT molecular complexity index is 1320. The highest BCUT2D eigenvalue weighted by atomic mass is 19.1. The van der Waals surface area contributed by atoms with Gasteiger partial charge in [-0.2, -0.15) is 0 Å². The van der Waals surface area contributed by atoms with E-state index in [0.29, 0.717) is 44.1 Å². The first-order chi connectivity index (χ1) is 16.6. The van der Waals surface area contributed by atoms with E-state index in [4.69, 9.17) is 4.98 Å². The monoisotopic (exact) mass is 462 g/mol. The zero-order valence-corrected chi connectivity index (χ0v) is 18.5. The second kappa shape index (κ2) is 9.56. The molecule has 0 radical (unpaired) electrons. The zero-order chi connectivity index (χ0) is 23.5. The Kier molecular flexibility index (Phi) is 6.18. The molecule has 1 aliphatic rings. The molecule has 0 bridgehead atoms. The molecule has 2 aromatic heterocycles. The van der Waals surface area contributed by atoms with Crippen LogP contribution >= 0.6 is 0 Å². The van der Waals surface area contributed by atoms with E-state index >= 15 is 0 Å². The summed E-state index contributed by atoms with van der Waals surface area (Å²) in [7, 11) is 0. The van der Waals surface area contributed by atoms with Crippen molar-refractivity contribution in [3.05, 3.63) is 89.9 Å². The molecule has 3 heterocycles. The second-order valence-electron chi connectivity index (χ2n) is 8.24. The van der Waals surface area contributed by atoms with Crippen molar-refractivity contribution >= 4 is 17.2 Å². The number of hydrogen-bond donors (Lipinski definition) is 1. The van der Waals surface area contributed by atoms with Crippen molar-refractivity contribution in [2.24, 2.45) is 0 Å². The first-order valence-electron chi connectivity index (χ1n) is 11.1. The number of hydrogen-bond acceptors (Lipinski definition) is 4. The number of aromatic nitrogens is 3. The van der Waals surface area contributed by atoms with Crippen LogP contribution in [0.5, 0.6) is 0 Å². The van der Waals surface area contributed by atoms with Crippen LogP contribution in [0.15, 0.2) is 66.9 Å². The average molecular weight is 463 g/mol. The molecule has 1 saturated heterocycles. The van der Waals surface area contributed by atoms with Gasteiger partial charge in [0.25, 0.3) is 0 Å². The molecule has 7 nitrogen and oxygen atoms in total. The number of benzene rings is 2. The Balaban J connectivity index is 1.25. The van der Waals surface area contributed by atoms with Gasteiger partial charge in [0, 0.05) is 38.9 Å². The zero-order valence-electron chi connectivity index (χ0n) is 18.5. The molecule has 0 saturated carbocycles. The Morgan fingerprint density at radius 2 is 1.71 bits per heavy atom. The fourth-order valence-electron chi connectivity index (χ4n) is 4.20. The summed E-state index contributed by atoms with van der Waals surface area (Å²) in [5, 5.41) is 2.86. The Hall–Kier alpha value is -3.85. The van der Waals surface area contributed by atoms with Crippen LogP contribution in [0.25, 0.3) is 16.9 Å². The number of amides is 2. The van der Waals surface area contributed by atoms with E-state index in [0.717, 1.165) is 16.9 Å². The molecule has 2 amide bonds. The van der Waals surface area contributed by atoms with Crippen LogP contribution in [0.3, 0.4) is 0 Å². The number of nitrogens with zero attached hydrogens (tertiary/aromatic N) is 5. The summed E-state index contributed by atoms with van der Waals surface area (Å²) in [6.07, 6.45) is 1.70. The van der Waals surface area contributed by atoms with Gasteiger partial charge in [-0.1, -0.05) is 18.2 Å². The predicted molar refractivity (Wildman–Crippen MR) is 124 cm³/mol. The Morgan fingerprint density at radius 1 is 0.941 bits per heavy atom. The first-order valence-corrected chi connectivity index (χ1v) is 11.1. The summed E-state index contributed by atoms with van der Waals surface area (Å²) in [5.74, 6) is 0.127. The molecule has 0 spiro atoms. The molecule has 1 N–H and O–H groups in total. The third-order valence-corrected chi connectivity index (χ3v) is 5.91. The fraction of sp³-hybridized carbons (Fsp3) is 0.240. The predicted octanol–water partition coefficient (Wildman–Crippen LogP) is 3.73. The van der Waals surface area contributed by atoms with Gasteiger partial charge in [0.2, 0.25) is 0 Å². The summed E-state index contributed by atoms with van der Waals surface area (Å²) < 4.78 is 29.2. The molecule has 34 heavy (non-hydrogen) atoms. The maximum atomic E-state index is 13.9. The quantitative estimate of drug-likeness (QED) is 0.491. The lowest BCUT2D eigenvalue weighted by atomic mass is 10.2. The maximum Gasteiger partial charge on any atom is 0.317 e. The van der Waals surface area contributed by atoms with Crippen molar-refractivity contribution in [3.8, 4) is 5.69 Å². The molecule has 174 valence electrons. The van der Waals surface area contributed by atoms with Gasteiger partial charge in [-0.25, -0.2) is 23.5 Å². The highest BCUT2D eigenvalue weighted by Gasteiger charge is 2.23. The van der Waals surface area contributed by atoms with E-state index in [-0.39, 0.29) is 24.2 Å². The van der Waals surface area contributed by atoms with Crippen LogP contribution in [0, 0.1) is 11.6 Å². The van der Waals surface area contributed by atoms with E-state index in [2.05, 4.69) is 15.2 Å². The molecule has 0 unspecified atom stereocenters. The van der Waals surface area contributed by atoms with Crippen LogP contribution in [0.4, 0.5) is 13.6 Å². The highest BCUT2D eigenvalue weighted by Crippen LogP contribution is 2.22. The van der Waals surface area contributed by atoms with Gasteiger partial charge in [0.05, 0.1) is 12.2 Å². The summed E-state index contributed by atoms with van der Waals surface area (Å²) >= 11 is 0. The van der Waals surface area contributed by atoms with E-state index in [9.17, 15) is 13.6 Å². The summed E-state index contributed by atoms with van der Waals surface area (Å²) in [5.41, 5.74) is 2.82. The normalized spacial score (nSPS) is 14.5.